The number of fused-ring (bicyclic) bond motifs is 1. The van der Waals surface area contributed by atoms with Crippen LogP contribution in [0, 0.1) is 0 Å². The van der Waals surface area contributed by atoms with E-state index >= 15 is 0 Å². The normalized spacial score (nSPS) is 11.7. The van der Waals surface area contributed by atoms with E-state index in [4.69, 9.17) is 5.11 Å². The van der Waals surface area contributed by atoms with Crippen LogP contribution in [-0.4, -0.2) is 37.8 Å². The molecule has 0 aliphatic heterocycles. The van der Waals surface area contributed by atoms with Gasteiger partial charge in [0.25, 0.3) is 0 Å². The van der Waals surface area contributed by atoms with Crippen molar-refractivity contribution in [2.75, 3.05) is 11.4 Å². The summed E-state index contributed by atoms with van der Waals surface area (Å²) in [5.41, 5.74) is 0.385. The zero-order valence-electron chi connectivity index (χ0n) is 10.7. The number of hydrogen-bond acceptors (Lipinski definition) is 4. The third-order valence-electron chi connectivity index (χ3n) is 2.62. The largest absolute Gasteiger partial charge is 0.480 e. The fourth-order valence-corrected chi connectivity index (χ4v) is 1.75. The molecule has 0 spiro atoms. The van der Waals surface area contributed by atoms with Gasteiger partial charge >= 0.3 is 5.97 Å². The summed E-state index contributed by atoms with van der Waals surface area (Å²) in [7, 11) is 0. The molecule has 0 bridgehead atoms. The molecule has 0 aliphatic carbocycles. The summed E-state index contributed by atoms with van der Waals surface area (Å²) >= 11 is 0. The van der Waals surface area contributed by atoms with E-state index in [1.165, 1.54) is 0 Å². The van der Waals surface area contributed by atoms with Gasteiger partial charge in [-0.3, -0.25) is 4.79 Å². The Labute approximate surface area is 105 Å². The molecule has 0 saturated heterocycles. The highest BCUT2D eigenvalue weighted by atomic mass is 16.4. The zero-order valence-corrected chi connectivity index (χ0v) is 10.7. The van der Waals surface area contributed by atoms with Crippen LogP contribution < -0.4 is 4.90 Å². The van der Waals surface area contributed by atoms with Crippen molar-refractivity contribution in [3.8, 4) is 0 Å². The second-order valence-electron chi connectivity index (χ2n) is 5.07. The SMILES string of the molecule is CC(C)(C)N(CC(=O)O)c1ccn2nccc2n1. The zero-order chi connectivity index (χ0) is 13.3. The first-order valence-corrected chi connectivity index (χ1v) is 5.68. The van der Waals surface area contributed by atoms with E-state index in [1.54, 1.807) is 33.9 Å². The average Bonchev–Trinajstić information content (AvgIpc) is 2.70. The van der Waals surface area contributed by atoms with E-state index in [2.05, 4.69) is 10.1 Å². The quantitative estimate of drug-likeness (QED) is 0.889. The van der Waals surface area contributed by atoms with E-state index < -0.39 is 5.97 Å². The van der Waals surface area contributed by atoms with Crippen molar-refractivity contribution in [2.45, 2.75) is 26.3 Å². The molecule has 6 nitrogen and oxygen atoms in total. The monoisotopic (exact) mass is 248 g/mol. The molecule has 0 saturated carbocycles. The molecule has 96 valence electrons. The Bertz CT molecular complexity index is 571. The molecule has 2 heterocycles. The predicted octanol–water partition coefficient (Wildman–Crippen LogP) is 1.42. The van der Waals surface area contributed by atoms with Crippen LogP contribution in [0.15, 0.2) is 24.5 Å². The first kappa shape index (κ1) is 12.3. The predicted molar refractivity (Wildman–Crippen MR) is 67.7 cm³/mol. The van der Waals surface area contributed by atoms with E-state index in [9.17, 15) is 4.79 Å². The van der Waals surface area contributed by atoms with Crippen molar-refractivity contribution >= 4 is 17.4 Å². The summed E-state index contributed by atoms with van der Waals surface area (Å²) in [6.07, 6.45) is 3.43. The molecule has 0 unspecified atom stereocenters. The molecule has 0 atom stereocenters. The number of nitrogens with zero attached hydrogens (tertiary/aromatic N) is 4. The number of carboxylic acid groups (broad SMARTS) is 1. The first-order chi connectivity index (χ1) is 8.38. The molecule has 2 aromatic rings. The molecule has 0 amide bonds. The van der Waals surface area contributed by atoms with Crippen LogP contribution in [0.3, 0.4) is 0 Å². The van der Waals surface area contributed by atoms with Crippen LogP contribution in [0.25, 0.3) is 5.65 Å². The lowest BCUT2D eigenvalue weighted by molar-refractivity contribution is -0.135. The lowest BCUT2D eigenvalue weighted by atomic mass is 10.1. The molecule has 18 heavy (non-hydrogen) atoms. The number of carboxylic acids is 1. The van der Waals surface area contributed by atoms with Gasteiger partial charge < -0.3 is 10.0 Å². The van der Waals surface area contributed by atoms with E-state index in [0.717, 1.165) is 0 Å². The number of aliphatic carboxylic acids is 1. The van der Waals surface area contributed by atoms with Crippen LogP contribution in [-0.2, 0) is 4.79 Å². The molecule has 0 aliphatic rings. The Balaban J connectivity index is 2.43. The minimum absolute atomic E-state index is 0.0825. The Morgan fingerprint density at radius 2 is 2.17 bits per heavy atom. The highest BCUT2D eigenvalue weighted by Gasteiger charge is 2.25. The van der Waals surface area contributed by atoms with Crippen LogP contribution in [0.1, 0.15) is 20.8 Å². The van der Waals surface area contributed by atoms with Gasteiger partial charge in [-0.25, -0.2) is 9.50 Å². The van der Waals surface area contributed by atoms with Gasteiger partial charge in [0.15, 0.2) is 5.65 Å². The summed E-state index contributed by atoms with van der Waals surface area (Å²) in [6, 6.07) is 3.55. The molecule has 2 aromatic heterocycles. The smallest absolute Gasteiger partial charge is 0.323 e. The number of anilines is 1. The highest BCUT2D eigenvalue weighted by Crippen LogP contribution is 2.21. The summed E-state index contributed by atoms with van der Waals surface area (Å²) < 4.78 is 1.64. The number of rotatable bonds is 3. The van der Waals surface area contributed by atoms with E-state index in [-0.39, 0.29) is 12.1 Å². The summed E-state index contributed by atoms with van der Waals surface area (Å²) in [5, 5.41) is 13.1. The lowest BCUT2D eigenvalue weighted by Crippen LogP contribution is -2.45. The standard InChI is InChI=1S/C12H16N4O2/c1-12(2,3)15(8-11(17)18)9-5-7-16-10(14-9)4-6-13-16/h4-7H,8H2,1-3H3,(H,17,18). The third kappa shape index (κ3) is 2.42. The van der Waals surface area contributed by atoms with Gasteiger partial charge in [-0.15, -0.1) is 0 Å². The van der Waals surface area contributed by atoms with Crippen LogP contribution in [0.2, 0.25) is 0 Å². The molecule has 0 radical (unpaired) electrons. The van der Waals surface area contributed by atoms with Gasteiger partial charge in [0.2, 0.25) is 0 Å². The van der Waals surface area contributed by atoms with Crippen LogP contribution >= 0.6 is 0 Å². The molecule has 0 aromatic carbocycles. The number of carbonyl (C=O) groups is 1. The second kappa shape index (κ2) is 4.29. The molecular weight excluding hydrogens is 232 g/mol. The Morgan fingerprint density at radius 3 is 2.78 bits per heavy atom. The molecule has 6 heteroatoms. The lowest BCUT2D eigenvalue weighted by Gasteiger charge is -2.35. The first-order valence-electron chi connectivity index (χ1n) is 5.68. The van der Waals surface area contributed by atoms with Crippen molar-refractivity contribution in [3.05, 3.63) is 24.5 Å². The van der Waals surface area contributed by atoms with E-state index in [0.29, 0.717) is 11.5 Å². The number of aromatic nitrogens is 3. The van der Waals surface area contributed by atoms with Gasteiger partial charge in [-0.2, -0.15) is 5.10 Å². The number of hydrogen-bond donors (Lipinski definition) is 1. The minimum Gasteiger partial charge on any atom is -0.480 e. The molecule has 2 rings (SSSR count). The maximum atomic E-state index is 11.0. The molecule has 1 N–H and O–H groups in total. The van der Waals surface area contributed by atoms with Crippen molar-refractivity contribution < 1.29 is 9.90 Å². The maximum absolute atomic E-state index is 11.0. The van der Waals surface area contributed by atoms with Crippen LogP contribution in [0.5, 0.6) is 0 Å². The second-order valence-corrected chi connectivity index (χ2v) is 5.07. The average molecular weight is 248 g/mol. The van der Waals surface area contributed by atoms with Crippen molar-refractivity contribution in [3.63, 3.8) is 0 Å². The molecule has 0 fully saturated rings. The van der Waals surface area contributed by atoms with Gasteiger partial charge in [0, 0.05) is 17.8 Å². The Morgan fingerprint density at radius 1 is 1.44 bits per heavy atom. The van der Waals surface area contributed by atoms with Gasteiger partial charge in [0.05, 0.1) is 6.20 Å². The van der Waals surface area contributed by atoms with Crippen molar-refractivity contribution in [2.24, 2.45) is 0 Å². The van der Waals surface area contributed by atoms with Crippen molar-refractivity contribution in [1.29, 1.82) is 0 Å². The molecular formula is C12H16N4O2. The van der Waals surface area contributed by atoms with Gasteiger partial charge in [0.1, 0.15) is 12.4 Å². The summed E-state index contributed by atoms with van der Waals surface area (Å²) in [5.74, 6) is -0.238. The topological polar surface area (TPSA) is 70.7 Å². The third-order valence-corrected chi connectivity index (χ3v) is 2.62. The highest BCUT2D eigenvalue weighted by molar-refractivity contribution is 5.73. The minimum atomic E-state index is -0.875. The Hall–Kier alpha value is -2.11. The van der Waals surface area contributed by atoms with E-state index in [1.807, 2.05) is 20.8 Å². The fraction of sp³-hybridized carbons (Fsp3) is 0.417. The van der Waals surface area contributed by atoms with Crippen molar-refractivity contribution in [1.82, 2.24) is 14.6 Å². The van der Waals surface area contributed by atoms with Crippen LogP contribution in [0.4, 0.5) is 5.82 Å². The summed E-state index contributed by atoms with van der Waals surface area (Å²) in [6.45, 7) is 5.79. The summed E-state index contributed by atoms with van der Waals surface area (Å²) in [4.78, 5) is 17.1. The fourth-order valence-electron chi connectivity index (χ4n) is 1.75. The van der Waals surface area contributed by atoms with Gasteiger partial charge in [-0.1, -0.05) is 0 Å². The maximum Gasteiger partial charge on any atom is 0.323 e. The Kier molecular flexibility index (Phi) is 2.94. The van der Waals surface area contributed by atoms with Gasteiger partial charge in [-0.05, 0) is 26.8 Å².